The Labute approximate surface area is 164 Å². The summed E-state index contributed by atoms with van der Waals surface area (Å²) >= 11 is 0. The Morgan fingerprint density at radius 1 is 1.25 bits per heavy atom. The molecule has 1 aliphatic rings. The van der Waals surface area contributed by atoms with Gasteiger partial charge in [-0.3, -0.25) is 9.59 Å². The van der Waals surface area contributed by atoms with Crippen LogP contribution in [0, 0.1) is 12.8 Å². The number of carbonyl (C=O) groups is 3. The molecular formula is C19H26N2O6S. The number of nitrogens with one attached hydrogen (secondary N) is 2. The van der Waals surface area contributed by atoms with Crippen molar-refractivity contribution in [3.8, 4) is 0 Å². The zero-order valence-corrected chi connectivity index (χ0v) is 17.0. The lowest BCUT2D eigenvalue weighted by Gasteiger charge is -2.21. The minimum Gasteiger partial charge on any atom is -0.454 e. The van der Waals surface area contributed by atoms with Crippen molar-refractivity contribution in [2.45, 2.75) is 39.3 Å². The Morgan fingerprint density at radius 3 is 2.54 bits per heavy atom. The van der Waals surface area contributed by atoms with E-state index in [1.165, 1.54) is 0 Å². The van der Waals surface area contributed by atoms with Crippen LogP contribution in [0.5, 0.6) is 0 Å². The number of rotatable bonds is 7. The van der Waals surface area contributed by atoms with Crippen LogP contribution < -0.4 is 10.6 Å². The summed E-state index contributed by atoms with van der Waals surface area (Å²) in [5, 5.41) is 5.19. The van der Waals surface area contributed by atoms with Gasteiger partial charge in [0.1, 0.15) is 6.04 Å². The van der Waals surface area contributed by atoms with E-state index in [1.807, 2.05) is 13.0 Å². The van der Waals surface area contributed by atoms with Crippen molar-refractivity contribution in [2.24, 2.45) is 5.92 Å². The normalized spacial score (nSPS) is 19.1. The molecule has 1 aliphatic heterocycles. The minimum atomic E-state index is -3.11. The van der Waals surface area contributed by atoms with Gasteiger partial charge in [0.05, 0.1) is 11.5 Å². The number of amides is 2. The van der Waals surface area contributed by atoms with Crippen molar-refractivity contribution >= 4 is 27.6 Å². The maximum absolute atomic E-state index is 12.4. The fourth-order valence-electron chi connectivity index (χ4n) is 2.91. The highest BCUT2D eigenvalue weighted by Gasteiger charge is 2.30. The molecular weight excluding hydrogens is 384 g/mol. The van der Waals surface area contributed by atoms with Crippen LogP contribution in [0.2, 0.25) is 0 Å². The van der Waals surface area contributed by atoms with Crippen LogP contribution in [0.15, 0.2) is 24.3 Å². The van der Waals surface area contributed by atoms with Crippen LogP contribution in [0.3, 0.4) is 0 Å². The molecule has 28 heavy (non-hydrogen) atoms. The van der Waals surface area contributed by atoms with Gasteiger partial charge in [0.15, 0.2) is 16.4 Å². The highest BCUT2D eigenvalue weighted by atomic mass is 32.2. The van der Waals surface area contributed by atoms with Gasteiger partial charge in [0.25, 0.3) is 11.8 Å². The fraction of sp³-hybridized carbons (Fsp3) is 0.526. The summed E-state index contributed by atoms with van der Waals surface area (Å²) in [5.41, 5.74) is 1.35. The smallest absolute Gasteiger partial charge is 0.329 e. The molecule has 0 bridgehead atoms. The second kappa shape index (κ2) is 9.18. The lowest BCUT2D eigenvalue weighted by atomic mass is 10.0. The summed E-state index contributed by atoms with van der Waals surface area (Å²) in [4.78, 5) is 36.7. The fourth-order valence-corrected chi connectivity index (χ4v) is 4.59. The van der Waals surface area contributed by atoms with E-state index in [9.17, 15) is 22.8 Å². The van der Waals surface area contributed by atoms with Crippen molar-refractivity contribution in [3.05, 3.63) is 35.4 Å². The molecule has 1 fully saturated rings. The first kappa shape index (κ1) is 21.9. The third-order valence-electron chi connectivity index (χ3n) is 4.43. The first-order chi connectivity index (χ1) is 13.1. The minimum absolute atomic E-state index is 0.0398. The Balaban J connectivity index is 1.88. The van der Waals surface area contributed by atoms with Gasteiger partial charge in [0.2, 0.25) is 0 Å². The maximum atomic E-state index is 12.4. The Morgan fingerprint density at radius 2 is 1.96 bits per heavy atom. The Hall–Kier alpha value is -2.42. The molecule has 8 nitrogen and oxygen atoms in total. The first-order valence-corrected chi connectivity index (χ1v) is 10.9. The van der Waals surface area contributed by atoms with E-state index in [0.29, 0.717) is 12.0 Å². The van der Waals surface area contributed by atoms with Crippen molar-refractivity contribution < 1.29 is 27.5 Å². The summed E-state index contributed by atoms with van der Waals surface area (Å²) in [6.45, 7) is 4.84. The molecule has 2 N–H and O–H groups in total. The third-order valence-corrected chi connectivity index (χ3v) is 6.20. The topological polar surface area (TPSA) is 119 Å². The summed E-state index contributed by atoms with van der Waals surface area (Å²) in [5.74, 6) is -2.00. The molecule has 0 saturated carbocycles. The van der Waals surface area contributed by atoms with Gasteiger partial charge >= 0.3 is 5.97 Å². The summed E-state index contributed by atoms with van der Waals surface area (Å²) < 4.78 is 27.9. The second-order valence-electron chi connectivity index (χ2n) is 7.34. The van der Waals surface area contributed by atoms with Crippen LogP contribution in [-0.2, 0) is 24.2 Å². The lowest BCUT2D eigenvalue weighted by molar-refractivity contribution is -0.151. The van der Waals surface area contributed by atoms with Gasteiger partial charge in [-0.2, -0.15) is 0 Å². The highest BCUT2D eigenvalue weighted by molar-refractivity contribution is 7.91. The number of carbonyl (C=O) groups excluding carboxylic acids is 3. The molecule has 2 amide bonds. The molecule has 0 spiro atoms. The van der Waals surface area contributed by atoms with E-state index >= 15 is 0 Å². The molecule has 2 rings (SSSR count). The van der Waals surface area contributed by atoms with Gasteiger partial charge in [-0.1, -0.05) is 31.5 Å². The highest BCUT2D eigenvalue weighted by Crippen LogP contribution is 2.11. The van der Waals surface area contributed by atoms with Crippen LogP contribution >= 0.6 is 0 Å². The van der Waals surface area contributed by atoms with E-state index in [1.54, 1.807) is 32.0 Å². The first-order valence-electron chi connectivity index (χ1n) is 9.11. The van der Waals surface area contributed by atoms with E-state index in [2.05, 4.69) is 10.6 Å². The van der Waals surface area contributed by atoms with Crippen LogP contribution in [-0.4, -0.2) is 56.4 Å². The van der Waals surface area contributed by atoms with Crippen LogP contribution in [0.4, 0.5) is 0 Å². The molecule has 1 saturated heterocycles. The Bertz CT molecular complexity index is 850. The molecule has 9 heteroatoms. The average molecular weight is 410 g/mol. The number of aryl methyl sites for hydroxylation is 1. The molecule has 1 aromatic rings. The summed E-state index contributed by atoms with van der Waals surface area (Å²) in [6, 6.07) is 5.60. The zero-order valence-electron chi connectivity index (χ0n) is 16.2. The van der Waals surface area contributed by atoms with Crippen molar-refractivity contribution in [3.63, 3.8) is 0 Å². The number of hydrogen-bond donors (Lipinski definition) is 2. The molecule has 1 aromatic carbocycles. The predicted octanol–water partition coefficient (Wildman–Crippen LogP) is 0.596. The van der Waals surface area contributed by atoms with Gasteiger partial charge in [-0.15, -0.1) is 0 Å². The van der Waals surface area contributed by atoms with Crippen LogP contribution in [0.25, 0.3) is 0 Å². The van der Waals surface area contributed by atoms with E-state index in [-0.39, 0.29) is 17.4 Å². The zero-order chi connectivity index (χ0) is 20.9. The van der Waals surface area contributed by atoms with Gasteiger partial charge in [-0.25, -0.2) is 13.2 Å². The van der Waals surface area contributed by atoms with Crippen molar-refractivity contribution in [1.82, 2.24) is 10.6 Å². The molecule has 0 aromatic heterocycles. The standard InChI is InChI=1S/C19H26N2O6S/c1-12(2)17(21-18(23)14-6-4-5-13(3)9-14)19(24)27-10-16(22)20-15-7-8-28(25,26)11-15/h4-6,9,12,15,17H,7-8,10-11H2,1-3H3,(H,20,22)(H,21,23)/t15?,17-/m0/s1. The Kier molecular flexibility index (Phi) is 7.17. The SMILES string of the molecule is Cc1cccc(C(=O)N[C@H](C(=O)OCC(=O)NC2CCS(=O)(=O)C2)C(C)C)c1. The molecule has 2 atom stereocenters. The number of esters is 1. The number of benzene rings is 1. The van der Waals surface area contributed by atoms with E-state index in [4.69, 9.17) is 4.74 Å². The third kappa shape index (κ3) is 6.33. The molecule has 0 aliphatic carbocycles. The van der Waals surface area contributed by atoms with Crippen molar-refractivity contribution in [2.75, 3.05) is 18.1 Å². The van der Waals surface area contributed by atoms with Gasteiger partial charge in [-0.05, 0) is 31.4 Å². The van der Waals surface area contributed by atoms with Gasteiger partial charge < -0.3 is 15.4 Å². The van der Waals surface area contributed by atoms with E-state index in [0.717, 1.165) is 5.56 Å². The predicted molar refractivity (Wildman–Crippen MR) is 103 cm³/mol. The van der Waals surface area contributed by atoms with Crippen molar-refractivity contribution in [1.29, 1.82) is 0 Å². The van der Waals surface area contributed by atoms with E-state index < -0.39 is 46.3 Å². The summed E-state index contributed by atoms with van der Waals surface area (Å²) in [7, 11) is -3.11. The molecule has 0 radical (unpaired) electrons. The number of ether oxygens (including phenoxy) is 1. The summed E-state index contributed by atoms with van der Waals surface area (Å²) in [6.07, 6.45) is 0.350. The maximum Gasteiger partial charge on any atom is 0.329 e. The molecule has 1 heterocycles. The largest absolute Gasteiger partial charge is 0.454 e. The average Bonchev–Trinajstić information content (AvgIpc) is 2.95. The monoisotopic (exact) mass is 410 g/mol. The molecule has 1 unspecified atom stereocenters. The second-order valence-corrected chi connectivity index (χ2v) is 9.57. The quantitative estimate of drug-likeness (QED) is 0.636. The van der Waals surface area contributed by atoms with Gasteiger partial charge in [0, 0.05) is 11.6 Å². The lowest BCUT2D eigenvalue weighted by Crippen LogP contribution is -2.46. The number of sulfone groups is 1. The number of hydrogen-bond acceptors (Lipinski definition) is 6. The van der Waals surface area contributed by atoms with Crippen LogP contribution in [0.1, 0.15) is 36.2 Å². The molecule has 154 valence electrons.